The van der Waals surface area contributed by atoms with E-state index in [0.717, 1.165) is 25.1 Å². The zero-order valence-electron chi connectivity index (χ0n) is 13.6. The number of aromatic nitrogens is 2. The molecule has 0 radical (unpaired) electrons. The molecule has 5 heteroatoms. The first-order valence-electron chi connectivity index (χ1n) is 7.81. The van der Waals surface area contributed by atoms with E-state index >= 15 is 0 Å². The number of fused-ring (bicyclic) bond motifs is 2. The fraction of sp³-hybridized carbons (Fsp3) is 0.688. The summed E-state index contributed by atoms with van der Waals surface area (Å²) in [6, 6.07) is 1.17. The van der Waals surface area contributed by atoms with Crippen LogP contribution in [0.5, 0.6) is 0 Å². The van der Waals surface area contributed by atoms with Crippen molar-refractivity contribution in [3.63, 3.8) is 0 Å². The van der Waals surface area contributed by atoms with Crippen LogP contribution in [0.15, 0.2) is 11.6 Å². The van der Waals surface area contributed by atoms with Crippen LogP contribution in [0.2, 0.25) is 25.7 Å². The van der Waals surface area contributed by atoms with Crippen molar-refractivity contribution in [3.8, 4) is 0 Å². The van der Waals surface area contributed by atoms with Gasteiger partial charge in [0.25, 0.3) is 0 Å². The highest BCUT2D eigenvalue weighted by Gasteiger charge is 2.45. The summed E-state index contributed by atoms with van der Waals surface area (Å²) in [6.45, 7) is 10.7. The van der Waals surface area contributed by atoms with Crippen LogP contribution in [0.4, 0.5) is 0 Å². The predicted octanol–water partition coefficient (Wildman–Crippen LogP) is 2.73. The molecule has 2 aliphatic rings. The lowest BCUT2D eigenvalue weighted by Crippen LogP contribution is -2.23. The number of hydrogen-bond acceptors (Lipinski definition) is 3. The fourth-order valence-corrected chi connectivity index (χ4v) is 3.81. The monoisotopic (exact) mass is 306 g/mol. The third kappa shape index (κ3) is 3.00. The average Bonchev–Trinajstić information content (AvgIpc) is 2.94. The number of hydrogen-bond donors (Lipinski definition) is 1. The molecular weight excluding hydrogens is 280 g/mol. The zero-order chi connectivity index (χ0) is 15.3. The Labute approximate surface area is 127 Å². The van der Waals surface area contributed by atoms with E-state index in [1.807, 2.05) is 4.68 Å². The number of ether oxygens (including phenoxy) is 1. The summed E-state index contributed by atoms with van der Waals surface area (Å²) in [5.74, 6) is 0. The molecule has 116 valence electrons. The Hall–Kier alpha value is -0.913. The van der Waals surface area contributed by atoms with E-state index in [1.54, 1.807) is 0 Å². The van der Waals surface area contributed by atoms with Crippen LogP contribution >= 0.6 is 0 Å². The number of rotatable bonds is 6. The molecule has 1 atom stereocenters. The number of aliphatic hydroxyl groups is 1. The van der Waals surface area contributed by atoms with E-state index in [4.69, 9.17) is 4.74 Å². The molecule has 4 nitrogen and oxygen atoms in total. The maximum atomic E-state index is 9.52. The molecule has 1 aromatic heterocycles. The molecule has 1 heterocycles. The molecule has 1 aromatic rings. The SMILES string of the molecule is C[C@]12C=C1Cc1c(CO)nn(COCC[Si](C)(C)C)c1C2. The molecule has 3 rings (SSSR count). The van der Waals surface area contributed by atoms with Crippen molar-refractivity contribution >= 4 is 8.07 Å². The van der Waals surface area contributed by atoms with E-state index in [0.29, 0.717) is 6.73 Å². The first-order chi connectivity index (χ1) is 9.82. The van der Waals surface area contributed by atoms with Crippen molar-refractivity contribution in [2.45, 2.75) is 58.8 Å². The minimum Gasteiger partial charge on any atom is -0.390 e. The Bertz CT molecular complexity index is 586. The Balaban J connectivity index is 1.68. The Kier molecular flexibility index (Phi) is 3.62. The molecule has 0 amide bonds. The molecule has 1 N–H and O–H groups in total. The zero-order valence-corrected chi connectivity index (χ0v) is 14.6. The Morgan fingerprint density at radius 3 is 2.86 bits per heavy atom. The lowest BCUT2D eigenvalue weighted by atomic mass is 9.86. The van der Waals surface area contributed by atoms with Crippen LogP contribution in [0, 0.1) is 5.41 Å². The van der Waals surface area contributed by atoms with E-state index < -0.39 is 8.07 Å². The first-order valence-corrected chi connectivity index (χ1v) is 11.5. The number of allylic oxidation sites excluding steroid dienone is 2. The standard InChI is InChI=1S/C16H26N2O2Si/c1-16-8-12(16)7-13-14(10-19)17-18(15(13)9-16)11-20-5-6-21(2,3)4/h8,19H,5-7,9-11H2,1-4H3/t16-/m1/s1. The van der Waals surface area contributed by atoms with Gasteiger partial charge in [-0.2, -0.15) is 5.10 Å². The molecule has 0 aromatic carbocycles. The summed E-state index contributed by atoms with van der Waals surface area (Å²) >= 11 is 0. The van der Waals surface area contributed by atoms with Crippen molar-refractivity contribution in [2.75, 3.05) is 6.61 Å². The molecule has 0 saturated heterocycles. The van der Waals surface area contributed by atoms with Gasteiger partial charge >= 0.3 is 0 Å². The Morgan fingerprint density at radius 2 is 2.19 bits per heavy atom. The van der Waals surface area contributed by atoms with Crippen LogP contribution in [0.1, 0.15) is 23.9 Å². The van der Waals surface area contributed by atoms with Gasteiger partial charge in [-0.05, 0) is 12.5 Å². The van der Waals surface area contributed by atoms with Gasteiger partial charge in [0.15, 0.2) is 0 Å². The van der Waals surface area contributed by atoms with E-state index in [-0.39, 0.29) is 12.0 Å². The molecule has 0 saturated carbocycles. The molecule has 21 heavy (non-hydrogen) atoms. The minimum atomic E-state index is -1.04. The van der Waals surface area contributed by atoms with Crippen molar-refractivity contribution in [1.82, 2.24) is 9.78 Å². The summed E-state index contributed by atoms with van der Waals surface area (Å²) < 4.78 is 7.81. The van der Waals surface area contributed by atoms with Gasteiger partial charge in [0.1, 0.15) is 6.73 Å². The second-order valence-corrected chi connectivity index (χ2v) is 13.4. The summed E-state index contributed by atoms with van der Waals surface area (Å²) in [7, 11) is -1.04. The molecule has 0 bridgehead atoms. The average molecular weight is 306 g/mol. The molecule has 0 spiro atoms. The third-order valence-corrected chi connectivity index (χ3v) is 6.36. The molecule has 0 unspecified atom stereocenters. The van der Waals surface area contributed by atoms with Gasteiger partial charge in [-0.25, -0.2) is 4.68 Å². The second-order valence-electron chi connectivity index (χ2n) is 7.82. The number of aliphatic hydroxyl groups excluding tert-OH is 1. The second kappa shape index (κ2) is 5.07. The van der Waals surface area contributed by atoms with E-state index in [1.165, 1.54) is 22.9 Å². The van der Waals surface area contributed by atoms with Crippen LogP contribution in [-0.4, -0.2) is 29.6 Å². The lowest BCUT2D eigenvalue weighted by molar-refractivity contribution is 0.0752. The Morgan fingerprint density at radius 1 is 1.43 bits per heavy atom. The van der Waals surface area contributed by atoms with Gasteiger partial charge in [0, 0.05) is 37.8 Å². The molecular formula is C16H26N2O2Si. The van der Waals surface area contributed by atoms with Crippen LogP contribution in [0.3, 0.4) is 0 Å². The smallest absolute Gasteiger partial charge is 0.139 e. The normalized spacial score (nSPS) is 23.6. The number of nitrogens with zero attached hydrogens (tertiary/aromatic N) is 2. The van der Waals surface area contributed by atoms with E-state index in [9.17, 15) is 5.11 Å². The maximum absolute atomic E-state index is 9.52. The van der Waals surface area contributed by atoms with Gasteiger partial charge in [0.2, 0.25) is 0 Å². The van der Waals surface area contributed by atoms with Gasteiger partial charge in [-0.1, -0.05) is 38.2 Å². The van der Waals surface area contributed by atoms with Crippen molar-refractivity contribution < 1.29 is 9.84 Å². The molecule has 0 aliphatic heterocycles. The van der Waals surface area contributed by atoms with E-state index in [2.05, 4.69) is 37.7 Å². The summed E-state index contributed by atoms with van der Waals surface area (Å²) in [4.78, 5) is 0. The maximum Gasteiger partial charge on any atom is 0.139 e. The lowest BCUT2D eigenvalue weighted by Gasteiger charge is -2.21. The van der Waals surface area contributed by atoms with Gasteiger partial charge in [0.05, 0.1) is 12.3 Å². The minimum absolute atomic E-state index is 0.0221. The predicted molar refractivity (Wildman–Crippen MR) is 85.9 cm³/mol. The molecule has 2 aliphatic carbocycles. The van der Waals surface area contributed by atoms with Crippen molar-refractivity contribution in [3.05, 3.63) is 28.6 Å². The van der Waals surface area contributed by atoms with Gasteiger partial charge < -0.3 is 9.84 Å². The third-order valence-electron chi connectivity index (χ3n) is 4.65. The van der Waals surface area contributed by atoms with Crippen molar-refractivity contribution in [1.29, 1.82) is 0 Å². The van der Waals surface area contributed by atoms with Crippen LogP contribution in [0.25, 0.3) is 0 Å². The first kappa shape index (κ1) is 15.0. The highest BCUT2D eigenvalue weighted by molar-refractivity contribution is 6.76. The fourth-order valence-electron chi connectivity index (χ4n) is 3.06. The summed E-state index contributed by atoms with van der Waals surface area (Å²) in [6.07, 6.45) is 4.31. The van der Waals surface area contributed by atoms with Crippen LogP contribution in [-0.2, 0) is 30.9 Å². The van der Waals surface area contributed by atoms with Gasteiger partial charge in [-0.15, -0.1) is 0 Å². The van der Waals surface area contributed by atoms with Gasteiger partial charge in [-0.3, -0.25) is 0 Å². The topological polar surface area (TPSA) is 47.3 Å². The summed E-state index contributed by atoms with van der Waals surface area (Å²) in [5.41, 5.74) is 5.09. The highest BCUT2D eigenvalue weighted by atomic mass is 28.3. The van der Waals surface area contributed by atoms with Crippen molar-refractivity contribution in [2.24, 2.45) is 5.41 Å². The molecule has 0 fully saturated rings. The summed E-state index contributed by atoms with van der Waals surface area (Å²) in [5, 5.41) is 14.1. The van der Waals surface area contributed by atoms with Crippen LogP contribution < -0.4 is 0 Å². The quantitative estimate of drug-likeness (QED) is 0.499. The largest absolute Gasteiger partial charge is 0.390 e. The highest BCUT2D eigenvalue weighted by Crippen LogP contribution is 2.52.